The van der Waals surface area contributed by atoms with Crippen molar-refractivity contribution in [3.63, 3.8) is 0 Å². The first kappa shape index (κ1) is 18.6. The molecule has 3 aromatic rings. The number of benzene rings is 2. The topological polar surface area (TPSA) is 69.4 Å². The third-order valence-corrected chi connectivity index (χ3v) is 4.31. The largest absolute Gasteiger partial charge is 0.449 e. The molecule has 0 radical (unpaired) electrons. The third kappa shape index (κ3) is 4.14. The van der Waals surface area contributed by atoms with E-state index in [2.05, 4.69) is 4.98 Å². The maximum Gasteiger partial charge on any atom is 0.361 e. The van der Waals surface area contributed by atoms with E-state index in [1.165, 1.54) is 0 Å². The summed E-state index contributed by atoms with van der Waals surface area (Å²) in [5.74, 6) is -0.236. The first-order valence-electron chi connectivity index (χ1n) is 8.86. The monoisotopic (exact) mass is 363 g/mol. The number of ether oxygens (including phenoxy) is 1. The van der Waals surface area contributed by atoms with Crippen LogP contribution in [0.25, 0.3) is 11.5 Å². The van der Waals surface area contributed by atoms with Crippen LogP contribution in [0.1, 0.15) is 46.0 Å². The molecule has 0 aliphatic rings. The van der Waals surface area contributed by atoms with Crippen molar-refractivity contribution in [3.05, 3.63) is 77.2 Å². The highest BCUT2D eigenvalue weighted by Gasteiger charge is 2.25. The number of Topliss-reactive ketones (excluding diaryl/α,β-unsaturated/α-hetero) is 1. The maximum absolute atomic E-state index is 12.5. The van der Waals surface area contributed by atoms with Crippen LogP contribution >= 0.6 is 0 Å². The number of nitrogens with zero attached hydrogens (tertiary/aromatic N) is 1. The summed E-state index contributed by atoms with van der Waals surface area (Å²) in [6.45, 7) is 5.25. The summed E-state index contributed by atoms with van der Waals surface area (Å²) in [5.41, 5.74) is 2.49. The fraction of sp³-hybridized carbons (Fsp3) is 0.227. The molecular weight excluding hydrogens is 342 g/mol. The Morgan fingerprint density at radius 1 is 1.07 bits per heavy atom. The zero-order valence-corrected chi connectivity index (χ0v) is 15.6. The van der Waals surface area contributed by atoms with Crippen molar-refractivity contribution in [2.24, 2.45) is 0 Å². The first-order valence-corrected chi connectivity index (χ1v) is 8.86. The van der Waals surface area contributed by atoms with E-state index >= 15 is 0 Å². The van der Waals surface area contributed by atoms with E-state index in [0.717, 1.165) is 17.5 Å². The summed E-state index contributed by atoms with van der Waals surface area (Å²) in [7, 11) is 0. The average molecular weight is 363 g/mol. The molecule has 3 rings (SSSR count). The lowest BCUT2D eigenvalue weighted by Gasteiger charge is -2.11. The normalized spacial score (nSPS) is 11.8. The smallest absolute Gasteiger partial charge is 0.361 e. The summed E-state index contributed by atoms with van der Waals surface area (Å²) in [4.78, 5) is 29.2. The van der Waals surface area contributed by atoms with Crippen molar-refractivity contribution >= 4 is 11.8 Å². The molecule has 0 spiro atoms. The lowest BCUT2D eigenvalue weighted by molar-refractivity contribution is 0.0312. The van der Waals surface area contributed by atoms with Crippen molar-refractivity contribution in [2.45, 2.75) is 33.3 Å². The number of rotatable bonds is 6. The summed E-state index contributed by atoms with van der Waals surface area (Å²) in [6, 6.07) is 16.6. The molecule has 0 N–H and O–H groups in total. The van der Waals surface area contributed by atoms with Crippen molar-refractivity contribution in [3.8, 4) is 11.5 Å². The molecule has 27 heavy (non-hydrogen) atoms. The molecule has 5 nitrogen and oxygen atoms in total. The molecule has 0 saturated carbocycles. The molecule has 0 amide bonds. The Hall–Kier alpha value is -3.21. The molecule has 0 unspecified atom stereocenters. The molecule has 0 saturated heterocycles. The predicted octanol–water partition coefficient (Wildman–Crippen LogP) is 4.64. The molecule has 2 aromatic carbocycles. The second-order valence-corrected chi connectivity index (χ2v) is 6.25. The lowest BCUT2D eigenvalue weighted by atomic mass is 10.0. The summed E-state index contributed by atoms with van der Waals surface area (Å²) in [6.07, 6.45) is -0.0185. The van der Waals surface area contributed by atoms with Crippen molar-refractivity contribution in [1.82, 2.24) is 4.98 Å². The summed E-state index contributed by atoms with van der Waals surface area (Å²) >= 11 is 0. The molecule has 1 atom stereocenters. The van der Waals surface area contributed by atoms with Crippen LogP contribution in [0.4, 0.5) is 0 Å². The van der Waals surface area contributed by atoms with E-state index in [4.69, 9.17) is 9.15 Å². The molecule has 138 valence electrons. The number of hydrogen-bond donors (Lipinski definition) is 0. The number of ketones is 1. The molecule has 0 aliphatic carbocycles. The third-order valence-electron chi connectivity index (χ3n) is 4.31. The second kappa shape index (κ2) is 7.99. The van der Waals surface area contributed by atoms with Gasteiger partial charge in [-0.3, -0.25) is 4.79 Å². The Kier molecular flexibility index (Phi) is 5.50. The zero-order valence-electron chi connectivity index (χ0n) is 15.6. The predicted molar refractivity (Wildman–Crippen MR) is 102 cm³/mol. The number of carbonyl (C=O) groups is 2. The Morgan fingerprint density at radius 3 is 2.37 bits per heavy atom. The van der Waals surface area contributed by atoms with E-state index in [1.807, 2.05) is 49.4 Å². The van der Waals surface area contributed by atoms with Crippen LogP contribution in [-0.4, -0.2) is 22.8 Å². The summed E-state index contributed by atoms with van der Waals surface area (Å²) in [5, 5.41) is 0. The minimum atomic E-state index is -0.916. The van der Waals surface area contributed by atoms with Crippen LogP contribution in [0.2, 0.25) is 0 Å². The van der Waals surface area contributed by atoms with Gasteiger partial charge in [-0.2, -0.15) is 0 Å². The van der Waals surface area contributed by atoms with Crippen molar-refractivity contribution in [1.29, 1.82) is 0 Å². The number of carbonyl (C=O) groups excluding carboxylic acids is 2. The van der Waals surface area contributed by atoms with E-state index in [-0.39, 0.29) is 11.5 Å². The van der Waals surface area contributed by atoms with E-state index in [1.54, 1.807) is 26.0 Å². The van der Waals surface area contributed by atoms with Gasteiger partial charge in [-0.1, -0.05) is 49.4 Å². The molecule has 0 fully saturated rings. The maximum atomic E-state index is 12.5. The van der Waals surface area contributed by atoms with E-state index < -0.39 is 12.1 Å². The highest BCUT2D eigenvalue weighted by Crippen LogP contribution is 2.22. The van der Waals surface area contributed by atoms with Gasteiger partial charge in [0, 0.05) is 11.1 Å². The number of aromatic nitrogens is 1. The van der Waals surface area contributed by atoms with Crippen LogP contribution in [0, 0.1) is 6.92 Å². The lowest BCUT2D eigenvalue weighted by Crippen LogP contribution is -2.25. The minimum absolute atomic E-state index is 0.0785. The number of oxazole rings is 1. The Labute approximate surface area is 158 Å². The SMILES string of the molecule is CCc1ccc(C(=O)[C@@H](C)OC(=O)c2nc(-c3ccccc3)oc2C)cc1. The van der Waals surface area contributed by atoms with Gasteiger partial charge < -0.3 is 9.15 Å². The number of esters is 1. The Balaban J connectivity index is 1.72. The van der Waals surface area contributed by atoms with Crippen LogP contribution in [0.15, 0.2) is 59.0 Å². The van der Waals surface area contributed by atoms with Gasteiger partial charge in [-0.15, -0.1) is 0 Å². The van der Waals surface area contributed by atoms with Gasteiger partial charge in [-0.25, -0.2) is 9.78 Å². The second-order valence-electron chi connectivity index (χ2n) is 6.25. The van der Waals surface area contributed by atoms with Crippen molar-refractivity contribution < 1.29 is 18.7 Å². The van der Waals surface area contributed by atoms with Crippen molar-refractivity contribution in [2.75, 3.05) is 0 Å². The van der Waals surface area contributed by atoms with Gasteiger partial charge in [0.05, 0.1) is 0 Å². The standard InChI is InChI=1S/C22H21NO4/c1-4-16-10-12-17(13-11-16)20(24)15(3)27-22(25)19-14(2)26-21(23-19)18-8-6-5-7-9-18/h5-13,15H,4H2,1-3H3/t15-/m1/s1. The molecule has 1 heterocycles. The van der Waals surface area contributed by atoms with Gasteiger partial charge >= 0.3 is 5.97 Å². The quantitative estimate of drug-likeness (QED) is 0.471. The van der Waals surface area contributed by atoms with E-state index in [9.17, 15) is 9.59 Å². The van der Waals surface area contributed by atoms with Gasteiger partial charge in [0.2, 0.25) is 11.7 Å². The Morgan fingerprint density at radius 2 is 1.74 bits per heavy atom. The van der Waals surface area contributed by atoms with Crippen LogP contribution in [-0.2, 0) is 11.2 Å². The minimum Gasteiger partial charge on any atom is -0.449 e. The molecule has 1 aromatic heterocycles. The summed E-state index contributed by atoms with van der Waals surface area (Å²) < 4.78 is 10.9. The van der Waals surface area contributed by atoms with Crippen LogP contribution in [0.3, 0.4) is 0 Å². The van der Waals surface area contributed by atoms with Crippen LogP contribution in [0.5, 0.6) is 0 Å². The number of aryl methyl sites for hydroxylation is 2. The van der Waals surface area contributed by atoms with Gasteiger partial charge in [-0.05, 0) is 38.0 Å². The number of hydrogen-bond acceptors (Lipinski definition) is 5. The molecular formula is C22H21NO4. The van der Waals surface area contributed by atoms with Gasteiger partial charge in [0.25, 0.3) is 0 Å². The van der Waals surface area contributed by atoms with Gasteiger partial charge in [0.1, 0.15) is 5.76 Å². The molecule has 5 heteroatoms. The highest BCUT2D eigenvalue weighted by atomic mass is 16.5. The first-order chi connectivity index (χ1) is 13.0. The zero-order chi connectivity index (χ0) is 19.4. The molecule has 0 aliphatic heterocycles. The highest BCUT2D eigenvalue weighted by molar-refractivity contribution is 6.01. The average Bonchev–Trinajstić information content (AvgIpc) is 3.10. The Bertz CT molecular complexity index is 942. The van der Waals surface area contributed by atoms with Crippen LogP contribution < -0.4 is 0 Å². The van der Waals surface area contributed by atoms with E-state index in [0.29, 0.717) is 17.2 Å². The van der Waals surface area contributed by atoms with Gasteiger partial charge in [0.15, 0.2) is 11.8 Å². The fourth-order valence-electron chi connectivity index (χ4n) is 2.70. The fourth-order valence-corrected chi connectivity index (χ4v) is 2.70. The molecule has 0 bridgehead atoms.